The van der Waals surface area contributed by atoms with Crippen LogP contribution in [0.15, 0.2) is 125 Å². The smallest absolute Gasteiger partial charge is 0.0732 e. The Bertz CT molecular complexity index is 2220. The second-order valence-corrected chi connectivity index (χ2v) is 22.5. The van der Waals surface area contributed by atoms with Gasteiger partial charge in [-0.1, -0.05) is 37.5 Å². The molecule has 0 aliphatic rings. The molecule has 0 nitrogen and oxygen atoms in total. The molecular weight excluding hydrogens is 837 g/mol. The zero-order valence-corrected chi connectivity index (χ0v) is 36.7. The van der Waals surface area contributed by atoms with Crippen molar-refractivity contribution >= 4 is 115 Å². The summed E-state index contributed by atoms with van der Waals surface area (Å²) in [5.74, 6) is 0.957. The third-order valence-corrected chi connectivity index (χ3v) is 20.5. The highest BCUT2D eigenvalue weighted by Crippen LogP contribution is 2.55. The van der Waals surface area contributed by atoms with Crippen LogP contribution in [0.3, 0.4) is 0 Å². The van der Waals surface area contributed by atoms with Crippen molar-refractivity contribution in [1.82, 2.24) is 0 Å². The largest absolute Gasteiger partial charge is 0.179 e. The fourth-order valence-electron chi connectivity index (χ4n) is 6.75. The Labute approximate surface area is 352 Å². The Morgan fingerprint density at radius 1 is 0.340 bits per heavy atom. The maximum absolute atomic E-state index is 4.54. The van der Waals surface area contributed by atoms with Gasteiger partial charge in [0, 0.05) is 73.2 Å². The highest BCUT2D eigenvalue weighted by atomic mass is 32.1. The van der Waals surface area contributed by atoms with Gasteiger partial charge < -0.3 is 0 Å². The fraction of sp³-hybridized carbons (Fsp3) is 0.163. The summed E-state index contributed by atoms with van der Waals surface area (Å²) in [4.78, 5) is 20.6. The minimum absolute atomic E-state index is 0.231. The number of rotatable bonds is 15. The molecule has 0 bridgehead atoms. The number of unbranched alkanes of at least 4 members (excludes halogenated alkanes) is 3. The summed E-state index contributed by atoms with van der Waals surface area (Å²) in [5, 5.41) is 6.52. The van der Waals surface area contributed by atoms with Crippen molar-refractivity contribution in [3.63, 3.8) is 0 Å². The molecule has 9 aromatic rings. The lowest BCUT2D eigenvalue weighted by Crippen LogP contribution is -2.26. The van der Waals surface area contributed by atoms with Gasteiger partial charge in [-0.2, -0.15) is 12.6 Å². The Balaban J connectivity index is 1.15. The van der Waals surface area contributed by atoms with Gasteiger partial charge in [0.25, 0.3) is 0 Å². The minimum atomic E-state index is -0.231. The molecule has 0 saturated carbocycles. The zero-order chi connectivity index (χ0) is 35.6. The maximum atomic E-state index is 4.54. The van der Waals surface area contributed by atoms with Gasteiger partial charge in [0.05, 0.1) is 5.41 Å². The highest BCUT2D eigenvalue weighted by molar-refractivity contribution is 7.80. The molecule has 0 aromatic carbocycles. The SMILES string of the molecule is SCCCCCCC(c1ccc(-c2ccc(-c3cccs3)s2)s1)(c1ccc(-c2ccc(-c3cccs3)s2)s1)c1ccc(-c2ccc(-c3cccs3)s2)s1. The van der Waals surface area contributed by atoms with Gasteiger partial charge in [0.1, 0.15) is 0 Å². The normalized spacial score (nSPS) is 11.9. The topological polar surface area (TPSA) is 0 Å². The summed E-state index contributed by atoms with van der Waals surface area (Å²) >= 11 is 21.7. The van der Waals surface area contributed by atoms with Gasteiger partial charge in [0.15, 0.2) is 0 Å². The van der Waals surface area contributed by atoms with Crippen LogP contribution in [0.5, 0.6) is 0 Å². The Hall–Kier alpha value is -2.35. The maximum Gasteiger partial charge on any atom is 0.0732 e. The molecule has 0 fully saturated rings. The van der Waals surface area contributed by atoms with Crippen molar-refractivity contribution in [2.75, 3.05) is 5.75 Å². The molecule has 0 saturated heterocycles. The van der Waals surface area contributed by atoms with E-state index in [0.717, 1.165) is 12.2 Å². The molecule has 0 spiro atoms. The summed E-state index contributed by atoms with van der Waals surface area (Å²) in [6, 6.07) is 41.6. The number of thiophene rings is 9. The molecular formula is C43H34S10. The van der Waals surface area contributed by atoms with Gasteiger partial charge in [-0.05, 0) is 126 Å². The Kier molecular flexibility index (Phi) is 11.2. The standard InChI is InChI=1S/C43H34S10/c44-24-4-2-1-3-23-43(40-20-17-37(51-40)34-14-11-31(48-34)28-8-5-25-45-28,41-21-18-38(52-41)35-15-12-32(49-35)29-9-6-26-46-29)42-22-19-39(53-42)36-16-13-33(50-36)30-10-7-27-47-30/h5-22,25-27,44H,1-4,23-24H2. The van der Waals surface area contributed by atoms with Gasteiger partial charge in [-0.25, -0.2) is 0 Å². The van der Waals surface area contributed by atoms with Crippen LogP contribution in [0.1, 0.15) is 46.7 Å². The van der Waals surface area contributed by atoms with E-state index in [1.807, 2.05) is 102 Å². The van der Waals surface area contributed by atoms with E-state index in [0.29, 0.717) is 0 Å². The first-order valence-electron chi connectivity index (χ1n) is 17.5. The van der Waals surface area contributed by atoms with Crippen LogP contribution >= 0.6 is 115 Å². The Morgan fingerprint density at radius 2 is 0.660 bits per heavy atom. The van der Waals surface area contributed by atoms with E-state index in [1.165, 1.54) is 98.8 Å². The van der Waals surface area contributed by atoms with E-state index >= 15 is 0 Å². The first-order valence-corrected chi connectivity index (χ1v) is 25.7. The molecule has 0 N–H and O–H groups in total. The van der Waals surface area contributed by atoms with Gasteiger partial charge in [-0.3, -0.25) is 0 Å². The van der Waals surface area contributed by atoms with Crippen LogP contribution in [-0.4, -0.2) is 5.75 Å². The fourth-order valence-corrected chi connectivity index (χ4v) is 16.7. The third kappa shape index (κ3) is 7.49. The number of thiol groups is 1. The number of hydrogen-bond donors (Lipinski definition) is 1. The van der Waals surface area contributed by atoms with Crippen LogP contribution in [0.25, 0.3) is 58.5 Å². The molecule has 9 rings (SSSR count). The van der Waals surface area contributed by atoms with E-state index in [-0.39, 0.29) is 5.41 Å². The summed E-state index contributed by atoms with van der Waals surface area (Å²) in [7, 11) is 0. The van der Waals surface area contributed by atoms with Crippen LogP contribution in [-0.2, 0) is 5.41 Å². The quantitative estimate of drug-likeness (QED) is 0.0770. The van der Waals surface area contributed by atoms with Crippen LogP contribution in [0.2, 0.25) is 0 Å². The van der Waals surface area contributed by atoms with Crippen molar-refractivity contribution in [1.29, 1.82) is 0 Å². The second kappa shape index (κ2) is 16.4. The molecule has 0 aliphatic heterocycles. The minimum Gasteiger partial charge on any atom is -0.179 e. The lowest BCUT2D eigenvalue weighted by molar-refractivity contribution is 0.528. The predicted octanol–water partition coefficient (Wildman–Crippen LogP) is 17.5. The van der Waals surface area contributed by atoms with Gasteiger partial charge >= 0.3 is 0 Å². The predicted molar refractivity (Wildman–Crippen MR) is 250 cm³/mol. The van der Waals surface area contributed by atoms with Crippen molar-refractivity contribution in [2.24, 2.45) is 0 Å². The lowest BCUT2D eigenvalue weighted by atomic mass is 9.78. The molecule has 9 aromatic heterocycles. The van der Waals surface area contributed by atoms with Crippen molar-refractivity contribution < 1.29 is 0 Å². The molecule has 266 valence electrons. The molecule has 10 heteroatoms. The van der Waals surface area contributed by atoms with Gasteiger partial charge in [-0.15, -0.1) is 102 Å². The van der Waals surface area contributed by atoms with Crippen LogP contribution in [0, 0.1) is 0 Å². The number of hydrogen-bond acceptors (Lipinski definition) is 10. The molecule has 0 amide bonds. The molecule has 53 heavy (non-hydrogen) atoms. The molecule has 0 unspecified atom stereocenters. The first-order chi connectivity index (χ1) is 26.2. The lowest BCUT2D eigenvalue weighted by Gasteiger charge is -2.32. The van der Waals surface area contributed by atoms with E-state index < -0.39 is 0 Å². The van der Waals surface area contributed by atoms with E-state index in [1.54, 1.807) is 0 Å². The van der Waals surface area contributed by atoms with Crippen molar-refractivity contribution in [3.8, 4) is 58.5 Å². The van der Waals surface area contributed by atoms with Crippen molar-refractivity contribution in [3.05, 3.63) is 140 Å². The average Bonchev–Trinajstić information content (AvgIpc) is 4.05. The summed E-state index contributed by atoms with van der Waals surface area (Å²) in [6.45, 7) is 0. The van der Waals surface area contributed by atoms with Crippen LogP contribution in [0.4, 0.5) is 0 Å². The summed E-state index contributed by atoms with van der Waals surface area (Å²) in [6.07, 6.45) is 5.87. The molecule has 0 radical (unpaired) electrons. The molecule has 9 heterocycles. The van der Waals surface area contributed by atoms with E-state index in [4.69, 9.17) is 0 Å². The molecule has 0 aliphatic carbocycles. The zero-order valence-electron chi connectivity index (χ0n) is 28.5. The van der Waals surface area contributed by atoms with Gasteiger partial charge in [0.2, 0.25) is 0 Å². The third-order valence-electron chi connectivity index (χ3n) is 9.38. The first kappa shape index (κ1) is 36.3. The molecule has 0 atom stereocenters. The summed E-state index contributed by atoms with van der Waals surface area (Å²) < 4.78 is 0. The second-order valence-electron chi connectivity index (χ2n) is 12.7. The van der Waals surface area contributed by atoms with E-state index in [2.05, 4.69) is 138 Å². The van der Waals surface area contributed by atoms with Crippen molar-refractivity contribution in [2.45, 2.75) is 37.5 Å². The Morgan fingerprint density at radius 3 is 1.00 bits per heavy atom. The monoisotopic (exact) mass is 870 g/mol. The summed E-state index contributed by atoms with van der Waals surface area (Å²) in [5.41, 5.74) is -0.231. The average molecular weight is 871 g/mol. The van der Waals surface area contributed by atoms with Crippen LogP contribution < -0.4 is 0 Å². The highest BCUT2D eigenvalue weighted by Gasteiger charge is 2.40. The van der Waals surface area contributed by atoms with E-state index in [9.17, 15) is 0 Å².